The summed E-state index contributed by atoms with van der Waals surface area (Å²) >= 11 is 1.56. The molecule has 0 bridgehead atoms. The Bertz CT molecular complexity index is 1820. The van der Waals surface area contributed by atoms with Gasteiger partial charge in [0.25, 0.3) is 0 Å². The molecule has 1 unspecified atom stereocenters. The second-order valence-corrected chi connectivity index (χ2v) is 13.2. The van der Waals surface area contributed by atoms with Gasteiger partial charge in [-0.25, -0.2) is 4.98 Å². The molecule has 0 spiro atoms. The maximum atomic E-state index is 14.3. The molecule has 1 atom stereocenters. The summed E-state index contributed by atoms with van der Waals surface area (Å²) in [6, 6.07) is 8.18. The number of nitrogen functional groups attached to an aromatic ring is 2. The number of pyridine rings is 1. The third-order valence-corrected chi connectivity index (χ3v) is 10.1. The van der Waals surface area contributed by atoms with Crippen LogP contribution in [0.15, 0.2) is 23.4 Å². The predicted octanol–water partition coefficient (Wildman–Crippen LogP) is 5.88. The number of hydrogen-bond donors (Lipinski definition) is 2. The van der Waals surface area contributed by atoms with Gasteiger partial charge in [0.2, 0.25) is 5.75 Å². The van der Waals surface area contributed by atoms with Gasteiger partial charge in [0.1, 0.15) is 34.3 Å². The van der Waals surface area contributed by atoms with Crippen LogP contribution in [0.2, 0.25) is 0 Å². The first-order valence-corrected chi connectivity index (χ1v) is 15.3. The number of benzene rings is 1. The number of nitrogens with two attached hydrogens (primary N) is 2. The van der Waals surface area contributed by atoms with Crippen molar-refractivity contribution in [3.05, 3.63) is 56.1 Å². The van der Waals surface area contributed by atoms with Crippen LogP contribution >= 0.6 is 11.3 Å². The molecule has 11 heteroatoms. The summed E-state index contributed by atoms with van der Waals surface area (Å²) in [5, 5.41) is 21.3. The van der Waals surface area contributed by atoms with Gasteiger partial charge in [-0.3, -0.25) is 9.69 Å². The predicted molar refractivity (Wildman–Crippen MR) is 169 cm³/mol. The number of thiophene rings is 1. The van der Waals surface area contributed by atoms with Crippen LogP contribution in [-0.2, 0) is 17.6 Å². The molecule has 1 aromatic carbocycles. The van der Waals surface area contributed by atoms with E-state index in [4.69, 9.17) is 30.7 Å². The highest BCUT2D eigenvalue weighted by molar-refractivity contribution is 7.16. The second-order valence-electron chi connectivity index (χ2n) is 12.2. The number of methoxy groups -OCH3 is 3. The lowest BCUT2D eigenvalue weighted by Crippen LogP contribution is -2.39. The van der Waals surface area contributed by atoms with Crippen molar-refractivity contribution in [2.75, 3.05) is 37.7 Å². The Labute approximate surface area is 260 Å². The highest BCUT2D eigenvalue weighted by atomic mass is 32.1. The Morgan fingerprint density at radius 3 is 2.27 bits per heavy atom. The van der Waals surface area contributed by atoms with Crippen LogP contribution in [0.5, 0.6) is 17.2 Å². The minimum absolute atomic E-state index is 0.0114. The van der Waals surface area contributed by atoms with Crippen molar-refractivity contribution in [1.29, 1.82) is 10.5 Å². The van der Waals surface area contributed by atoms with Crippen molar-refractivity contribution >= 4 is 39.4 Å². The number of hydrogen-bond acceptors (Lipinski definition) is 11. The number of carbonyl (C=O) groups is 1. The summed E-state index contributed by atoms with van der Waals surface area (Å²) in [4.78, 5) is 22.3. The molecular formula is C33H34N6O4S. The largest absolute Gasteiger partial charge is 0.493 e. The van der Waals surface area contributed by atoms with Crippen molar-refractivity contribution < 1.29 is 19.0 Å². The SMILES string of the molecule is COc1cc(C2C3=C(CC(C)(C)CC3=O)N(c3sc4c(c3C#N)CCCC4)c3nc(N)c(C#N)c(N)c32)cc(OC)c1OC. The summed E-state index contributed by atoms with van der Waals surface area (Å²) in [5.74, 6) is 0.882. The van der Waals surface area contributed by atoms with Crippen LogP contribution in [0.25, 0.3) is 0 Å². The fraction of sp³-hybridized carbons (Fsp3) is 0.394. The molecule has 44 heavy (non-hydrogen) atoms. The number of ether oxygens (including phenoxy) is 3. The van der Waals surface area contributed by atoms with Crippen molar-refractivity contribution in [1.82, 2.24) is 4.98 Å². The lowest BCUT2D eigenvalue weighted by atomic mass is 9.68. The molecule has 0 saturated heterocycles. The van der Waals surface area contributed by atoms with E-state index in [-0.39, 0.29) is 28.3 Å². The maximum absolute atomic E-state index is 14.3. The number of ketones is 1. The van der Waals surface area contributed by atoms with E-state index in [0.717, 1.165) is 36.9 Å². The Morgan fingerprint density at radius 2 is 1.66 bits per heavy atom. The average molecular weight is 611 g/mol. The molecule has 3 aromatic rings. The van der Waals surface area contributed by atoms with Crippen LogP contribution in [0.1, 0.15) is 78.1 Å². The molecule has 226 valence electrons. The quantitative estimate of drug-likeness (QED) is 0.357. The number of anilines is 4. The van der Waals surface area contributed by atoms with Gasteiger partial charge in [0.05, 0.1) is 32.6 Å². The van der Waals surface area contributed by atoms with Crippen molar-refractivity contribution in [2.24, 2.45) is 5.41 Å². The zero-order valence-electron chi connectivity index (χ0n) is 25.5. The number of nitrogens with zero attached hydrogens (tertiary/aromatic N) is 4. The first-order chi connectivity index (χ1) is 21.1. The van der Waals surface area contributed by atoms with Gasteiger partial charge in [-0.15, -0.1) is 11.3 Å². The van der Waals surface area contributed by atoms with Gasteiger partial charge in [-0.2, -0.15) is 10.5 Å². The van der Waals surface area contributed by atoms with Gasteiger partial charge in [-0.05, 0) is 60.8 Å². The molecule has 0 amide bonds. The summed E-state index contributed by atoms with van der Waals surface area (Å²) in [5.41, 5.74) is 17.1. The van der Waals surface area contributed by atoms with E-state index in [0.29, 0.717) is 63.2 Å². The van der Waals surface area contributed by atoms with Gasteiger partial charge < -0.3 is 25.7 Å². The number of Topliss-reactive ketones (excluding diaryl/α,β-unsaturated/α-hetero) is 1. The minimum Gasteiger partial charge on any atom is -0.493 e. The van der Waals surface area contributed by atoms with Gasteiger partial charge in [0, 0.05) is 34.0 Å². The fourth-order valence-electron chi connectivity index (χ4n) is 6.94. The number of aromatic nitrogens is 1. The minimum atomic E-state index is -0.714. The molecule has 0 saturated carbocycles. The Morgan fingerprint density at radius 1 is 1.00 bits per heavy atom. The number of aryl methyl sites for hydroxylation is 1. The highest BCUT2D eigenvalue weighted by Crippen LogP contribution is 2.58. The topological polar surface area (TPSA) is 161 Å². The Kier molecular flexibility index (Phi) is 7.17. The van der Waals surface area contributed by atoms with Crippen molar-refractivity contribution in [3.8, 4) is 29.4 Å². The summed E-state index contributed by atoms with van der Waals surface area (Å²) in [6.45, 7) is 4.13. The standard InChI is InChI=1S/C33H34N6O4S/c1-33(2)12-20-26(21(40)13-33)25(16-10-22(41-3)29(43-5)23(11-16)42-4)27-28(36)19(15-35)30(37)38-31(27)39(20)32-18(14-34)17-8-6-7-9-24(17)44-32/h10-11,25H,6-9,12-13H2,1-5H3,(H4,36,37,38). The Balaban J connectivity index is 1.75. The average Bonchev–Trinajstić information content (AvgIpc) is 3.36. The first-order valence-electron chi connectivity index (χ1n) is 14.5. The van der Waals surface area contributed by atoms with Crippen LogP contribution in [-0.4, -0.2) is 32.1 Å². The normalized spacial score (nSPS) is 18.5. The maximum Gasteiger partial charge on any atom is 0.203 e. The first kappa shape index (κ1) is 29.3. The fourth-order valence-corrected chi connectivity index (χ4v) is 8.31. The summed E-state index contributed by atoms with van der Waals surface area (Å²) < 4.78 is 16.9. The van der Waals surface area contributed by atoms with E-state index in [1.165, 1.54) is 26.2 Å². The van der Waals surface area contributed by atoms with E-state index < -0.39 is 5.92 Å². The van der Waals surface area contributed by atoms with Crippen LogP contribution in [0.3, 0.4) is 0 Å². The third kappa shape index (κ3) is 4.34. The van der Waals surface area contributed by atoms with Crippen molar-refractivity contribution in [3.63, 3.8) is 0 Å². The smallest absolute Gasteiger partial charge is 0.203 e. The van der Waals surface area contributed by atoms with E-state index in [1.807, 2.05) is 4.90 Å². The van der Waals surface area contributed by atoms with Gasteiger partial charge in [0.15, 0.2) is 17.3 Å². The number of nitriles is 2. The number of rotatable bonds is 5. The molecular weight excluding hydrogens is 576 g/mol. The monoisotopic (exact) mass is 610 g/mol. The Hall–Kier alpha value is -4.74. The summed E-state index contributed by atoms with van der Waals surface area (Å²) in [7, 11) is 4.59. The molecule has 3 aliphatic rings. The van der Waals surface area contributed by atoms with Gasteiger partial charge >= 0.3 is 0 Å². The van der Waals surface area contributed by atoms with Crippen LogP contribution in [0.4, 0.5) is 22.3 Å². The number of carbonyl (C=O) groups excluding carboxylic acids is 1. The van der Waals surface area contributed by atoms with E-state index in [9.17, 15) is 15.3 Å². The molecule has 6 rings (SSSR count). The van der Waals surface area contributed by atoms with Crippen molar-refractivity contribution in [2.45, 2.75) is 58.3 Å². The molecule has 0 radical (unpaired) electrons. The molecule has 2 aromatic heterocycles. The highest BCUT2D eigenvalue weighted by Gasteiger charge is 2.47. The number of fused-ring (bicyclic) bond motifs is 2. The molecule has 10 nitrogen and oxygen atoms in total. The second kappa shape index (κ2) is 10.8. The number of allylic oxidation sites excluding steroid dienone is 2. The molecule has 3 heterocycles. The van der Waals surface area contributed by atoms with E-state index >= 15 is 0 Å². The van der Waals surface area contributed by atoms with E-state index in [1.54, 1.807) is 23.5 Å². The molecule has 0 fully saturated rings. The van der Waals surface area contributed by atoms with Gasteiger partial charge in [-0.1, -0.05) is 13.8 Å². The lowest BCUT2D eigenvalue weighted by Gasteiger charge is -2.44. The summed E-state index contributed by atoms with van der Waals surface area (Å²) in [6.07, 6.45) is 4.65. The van der Waals surface area contributed by atoms with Crippen LogP contribution in [0, 0.1) is 28.1 Å². The molecule has 2 aliphatic carbocycles. The molecule has 4 N–H and O–H groups in total. The lowest BCUT2D eigenvalue weighted by molar-refractivity contribution is -0.118. The zero-order chi connectivity index (χ0) is 31.5. The van der Waals surface area contributed by atoms with Crippen LogP contribution < -0.4 is 30.6 Å². The molecule has 1 aliphatic heterocycles. The third-order valence-electron chi connectivity index (χ3n) is 8.84. The van der Waals surface area contributed by atoms with E-state index in [2.05, 4.69) is 26.0 Å². The zero-order valence-corrected chi connectivity index (χ0v) is 26.3.